The van der Waals surface area contributed by atoms with Gasteiger partial charge in [0, 0.05) is 0 Å². The van der Waals surface area contributed by atoms with Gasteiger partial charge in [0.1, 0.15) is 5.75 Å². The van der Waals surface area contributed by atoms with E-state index >= 15 is 0 Å². The third-order valence-corrected chi connectivity index (χ3v) is 3.27. The lowest BCUT2D eigenvalue weighted by Crippen LogP contribution is -2.30. The van der Waals surface area contributed by atoms with Crippen LogP contribution in [0.2, 0.25) is 0 Å². The minimum absolute atomic E-state index is 0.187. The largest absolute Gasteiger partial charge is 0.573 e. The number of carbonyl (C=O) groups excluding carboxylic acids is 2. The second kappa shape index (κ2) is 8.19. The van der Waals surface area contributed by atoms with Crippen molar-refractivity contribution in [3.8, 4) is 5.75 Å². The second-order valence-corrected chi connectivity index (χ2v) is 5.33. The lowest BCUT2D eigenvalue weighted by atomic mass is 10.2. The van der Waals surface area contributed by atoms with Crippen LogP contribution in [0, 0.1) is 17.5 Å². The van der Waals surface area contributed by atoms with Crippen LogP contribution in [0.4, 0.5) is 32.0 Å². The zero-order valence-corrected chi connectivity index (χ0v) is 13.9. The Bertz CT molecular complexity index is 882. The average Bonchev–Trinajstić information content (AvgIpc) is 2.61. The topological polar surface area (TPSA) is 64.6 Å². The number of alkyl halides is 3. The minimum atomic E-state index is -4.90. The van der Waals surface area contributed by atoms with E-state index in [9.17, 15) is 35.9 Å². The minimum Gasteiger partial charge on any atom is -0.449 e. The zero-order chi connectivity index (χ0) is 21.1. The molecule has 0 fully saturated rings. The van der Waals surface area contributed by atoms with Crippen LogP contribution in [0.3, 0.4) is 0 Å². The van der Waals surface area contributed by atoms with E-state index in [1.807, 2.05) is 5.32 Å². The molecule has 0 aliphatic rings. The maximum Gasteiger partial charge on any atom is 0.573 e. The Balaban J connectivity index is 2.00. The fourth-order valence-electron chi connectivity index (χ4n) is 1.93. The Hall–Kier alpha value is -3.24. The van der Waals surface area contributed by atoms with E-state index in [2.05, 4.69) is 4.74 Å². The van der Waals surface area contributed by atoms with Crippen LogP contribution in [-0.2, 0) is 9.53 Å². The number of amides is 1. The van der Waals surface area contributed by atoms with Crippen molar-refractivity contribution in [2.24, 2.45) is 0 Å². The number of benzene rings is 2. The summed E-state index contributed by atoms with van der Waals surface area (Å²) in [6, 6.07) is 5.05. The van der Waals surface area contributed by atoms with E-state index in [1.54, 1.807) is 0 Å². The van der Waals surface area contributed by atoms with Crippen molar-refractivity contribution in [2.75, 3.05) is 5.32 Å². The molecule has 0 heterocycles. The molecule has 0 aliphatic heterocycles. The maximum atomic E-state index is 13.5. The molecule has 0 unspecified atom stereocenters. The Morgan fingerprint density at radius 2 is 1.57 bits per heavy atom. The number of halogens is 6. The van der Waals surface area contributed by atoms with Gasteiger partial charge in [0.25, 0.3) is 5.91 Å². The van der Waals surface area contributed by atoms with Crippen LogP contribution >= 0.6 is 0 Å². The fourth-order valence-corrected chi connectivity index (χ4v) is 1.93. The van der Waals surface area contributed by atoms with Gasteiger partial charge in [-0.05, 0) is 43.3 Å². The highest BCUT2D eigenvalue weighted by Crippen LogP contribution is 2.23. The van der Waals surface area contributed by atoms with Crippen molar-refractivity contribution in [3.63, 3.8) is 0 Å². The second-order valence-electron chi connectivity index (χ2n) is 5.33. The molecule has 5 nitrogen and oxygen atoms in total. The van der Waals surface area contributed by atoms with Crippen molar-refractivity contribution in [3.05, 3.63) is 59.4 Å². The number of ether oxygens (including phenoxy) is 2. The van der Waals surface area contributed by atoms with Crippen molar-refractivity contribution in [2.45, 2.75) is 19.4 Å². The van der Waals surface area contributed by atoms with E-state index in [1.165, 1.54) is 0 Å². The molecule has 11 heteroatoms. The Kier molecular flexibility index (Phi) is 6.16. The molecule has 0 aromatic heterocycles. The van der Waals surface area contributed by atoms with Crippen molar-refractivity contribution in [1.82, 2.24) is 0 Å². The van der Waals surface area contributed by atoms with E-state index in [0.717, 1.165) is 37.3 Å². The number of nitrogens with one attached hydrogen (secondary N) is 1. The highest BCUT2D eigenvalue weighted by atomic mass is 19.4. The summed E-state index contributed by atoms with van der Waals surface area (Å²) in [4.78, 5) is 23.8. The summed E-state index contributed by atoms with van der Waals surface area (Å²) in [7, 11) is 0. The third-order valence-electron chi connectivity index (χ3n) is 3.27. The summed E-state index contributed by atoms with van der Waals surface area (Å²) in [6.45, 7) is 1.12. The van der Waals surface area contributed by atoms with Gasteiger partial charge in [-0.2, -0.15) is 0 Å². The van der Waals surface area contributed by atoms with E-state index < -0.39 is 53.2 Å². The number of hydrogen-bond acceptors (Lipinski definition) is 4. The Labute approximate surface area is 153 Å². The Morgan fingerprint density at radius 3 is 2.14 bits per heavy atom. The molecule has 0 radical (unpaired) electrons. The molecule has 0 saturated carbocycles. The molecule has 0 saturated heterocycles. The molecule has 1 amide bonds. The summed E-state index contributed by atoms with van der Waals surface area (Å²) in [6.07, 6.45) is -6.38. The van der Waals surface area contributed by atoms with E-state index in [0.29, 0.717) is 6.07 Å². The number of rotatable bonds is 5. The van der Waals surface area contributed by atoms with Gasteiger partial charge in [-0.1, -0.05) is 0 Å². The van der Waals surface area contributed by atoms with E-state index in [-0.39, 0.29) is 5.56 Å². The highest BCUT2D eigenvalue weighted by Gasteiger charge is 2.31. The van der Waals surface area contributed by atoms with Gasteiger partial charge in [0.05, 0.1) is 11.3 Å². The predicted molar refractivity (Wildman–Crippen MR) is 82.9 cm³/mol. The summed E-state index contributed by atoms with van der Waals surface area (Å²) in [5.74, 6) is -7.55. The quantitative estimate of drug-likeness (QED) is 0.459. The van der Waals surface area contributed by atoms with Crippen LogP contribution in [0.1, 0.15) is 17.3 Å². The van der Waals surface area contributed by atoms with Gasteiger partial charge < -0.3 is 14.8 Å². The number of hydrogen-bond donors (Lipinski definition) is 1. The summed E-state index contributed by atoms with van der Waals surface area (Å²) >= 11 is 0. The molecular weight excluding hydrogens is 396 g/mol. The SMILES string of the molecule is C[C@@H](OC(=O)c1ccc(OC(F)(F)F)cc1)C(=O)Nc1ccc(F)c(F)c1F. The lowest BCUT2D eigenvalue weighted by molar-refractivity contribution is -0.274. The number of anilines is 1. The predicted octanol–water partition coefficient (Wildman–Crippen LogP) is 4.19. The van der Waals surface area contributed by atoms with Gasteiger partial charge in [-0.15, -0.1) is 13.2 Å². The summed E-state index contributed by atoms with van der Waals surface area (Å²) < 4.78 is 84.3. The average molecular weight is 407 g/mol. The molecule has 2 aromatic carbocycles. The molecule has 1 N–H and O–H groups in total. The smallest absolute Gasteiger partial charge is 0.449 e. The summed E-state index contributed by atoms with van der Waals surface area (Å²) in [5, 5.41) is 1.93. The first-order valence-corrected chi connectivity index (χ1v) is 7.49. The molecular formula is C17H11F6NO4. The maximum absolute atomic E-state index is 13.5. The van der Waals surface area contributed by atoms with Gasteiger partial charge in [-0.25, -0.2) is 18.0 Å². The van der Waals surface area contributed by atoms with Crippen LogP contribution in [0.5, 0.6) is 5.75 Å². The van der Waals surface area contributed by atoms with Crippen molar-refractivity contribution >= 4 is 17.6 Å². The summed E-state index contributed by atoms with van der Waals surface area (Å²) in [5.41, 5.74) is -0.853. The van der Waals surface area contributed by atoms with Crippen molar-refractivity contribution < 1.29 is 45.4 Å². The van der Waals surface area contributed by atoms with Gasteiger partial charge in [-0.3, -0.25) is 4.79 Å². The molecule has 0 aliphatic carbocycles. The number of esters is 1. The third kappa shape index (κ3) is 5.38. The van der Waals surface area contributed by atoms with Gasteiger partial charge >= 0.3 is 12.3 Å². The standard InChI is InChI=1S/C17H11F6NO4/c1-8(15(25)24-12-7-6-11(18)13(19)14(12)20)27-16(26)9-2-4-10(5-3-9)28-17(21,22)23/h2-8H,1H3,(H,24,25)/t8-/m1/s1. The van der Waals surface area contributed by atoms with Crippen LogP contribution in [0.15, 0.2) is 36.4 Å². The molecule has 0 bridgehead atoms. The molecule has 0 spiro atoms. The fraction of sp³-hybridized carbons (Fsp3) is 0.176. The Morgan fingerprint density at radius 1 is 0.964 bits per heavy atom. The van der Waals surface area contributed by atoms with Gasteiger partial charge in [0.2, 0.25) is 0 Å². The molecule has 2 aromatic rings. The monoisotopic (exact) mass is 407 g/mol. The highest BCUT2D eigenvalue weighted by molar-refractivity contribution is 5.97. The van der Waals surface area contributed by atoms with Crippen LogP contribution < -0.4 is 10.1 Å². The molecule has 150 valence electrons. The first kappa shape index (κ1) is 21.1. The molecule has 2 rings (SSSR count). The van der Waals surface area contributed by atoms with E-state index in [4.69, 9.17) is 4.74 Å². The molecule has 28 heavy (non-hydrogen) atoms. The molecule has 1 atom stereocenters. The lowest BCUT2D eigenvalue weighted by Gasteiger charge is -2.14. The van der Waals surface area contributed by atoms with Gasteiger partial charge in [0.15, 0.2) is 23.6 Å². The first-order valence-electron chi connectivity index (χ1n) is 7.49. The van der Waals surface area contributed by atoms with Crippen molar-refractivity contribution in [1.29, 1.82) is 0 Å². The first-order chi connectivity index (χ1) is 13.0. The normalized spacial score (nSPS) is 12.2. The van der Waals surface area contributed by atoms with Crippen LogP contribution in [-0.4, -0.2) is 24.3 Å². The van der Waals surface area contributed by atoms with Crippen LogP contribution in [0.25, 0.3) is 0 Å². The number of carbonyl (C=O) groups is 2. The zero-order valence-electron chi connectivity index (χ0n) is 13.9.